The Kier molecular flexibility index (Phi) is 6.64. The van der Waals surface area contributed by atoms with Gasteiger partial charge in [0.2, 0.25) is 11.8 Å². The van der Waals surface area contributed by atoms with E-state index in [-0.39, 0.29) is 24.6 Å². The maximum absolute atomic E-state index is 11.3. The normalized spacial score (nSPS) is 10.9. The highest BCUT2D eigenvalue weighted by Gasteiger charge is 2.27. The Labute approximate surface area is 104 Å². The standard InChI is InChI=1S/C10H18N2O4S/c1-10(2,9(15)16)6-12-8(14)3-4-17-5-7(11)13/h3-6H2,1-2H3,(H2,11,13)(H,12,14)(H,15,16). The van der Waals surface area contributed by atoms with Gasteiger partial charge >= 0.3 is 5.97 Å². The van der Waals surface area contributed by atoms with E-state index in [4.69, 9.17) is 10.8 Å². The molecule has 0 aliphatic carbocycles. The molecule has 2 amide bonds. The molecule has 0 radical (unpaired) electrons. The van der Waals surface area contributed by atoms with Crippen molar-refractivity contribution in [1.82, 2.24) is 5.32 Å². The summed E-state index contributed by atoms with van der Waals surface area (Å²) in [7, 11) is 0. The van der Waals surface area contributed by atoms with Crippen LogP contribution in [0.1, 0.15) is 20.3 Å². The van der Waals surface area contributed by atoms with Gasteiger partial charge in [0.05, 0.1) is 11.2 Å². The van der Waals surface area contributed by atoms with Crippen molar-refractivity contribution >= 4 is 29.5 Å². The lowest BCUT2D eigenvalue weighted by molar-refractivity contribution is -0.146. The molecule has 0 bridgehead atoms. The molecule has 0 spiro atoms. The van der Waals surface area contributed by atoms with Gasteiger partial charge in [0.25, 0.3) is 0 Å². The van der Waals surface area contributed by atoms with Gasteiger partial charge in [0.1, 0.15) is 0 Å². The van der Waals surface area contributed by atoms with Crippen molar-refractivity contribution in [3.05, 3.63) is 0 Å². The number of hydrogen-bond acceptors (Lipinski definition) is 4. The van der Waals surface area contributed by atoms with Crippen molar-refractivity contribution in [2.45, 2.75) is 20.3 Å². The molecule has 0 unspecified atom stereocenters. The Morgan fingerprint density at radius 3 is 2.41 bits per heavy atom. The molecule has 98 valence electrons. The first-order valence-corrected chi connectivity index (χ1v) is 6.27. The van der Waals surface area contributed by atoms with Crippen LogP contribution >= 0.6 is 11.8 Å². The van der Waals surface area contributed by atoms with E-state index in [9.17, 15) is 14.4 Å². The Hall–Kier alpha value is -1.24. The smallest absolute Gasteiger partial charge is 0.310 e. The molecular formula is C10H18N2O4S. The van der Waals surface area contributed by atoms with Gasteiger partial charge in [0, 0.05) is 18.7 Å². The van der Waals surface area contributed by atoms with Crippen LogP contribution in [0.4, 0.5) is 0 Å². The van der Waals surface area contributed by atoms with E-state index in [2.05, 4.69) is 5.32 Å². The van der Waals surface area contributed by atoms with Crippen LogP contribution in [0.15, 0.2) is 0 Å². The number of nitrogens with two attached hydrogens (primary N) is 1. The lowest BCUT2D eigenvalue weighted by atomic mass is 9.94. The highest BCUT2D eigenvalue weighted by atomic mass is 32.2. The van der Waals surface area contributed by atoms with Gasteiger partial charge in [-0.2, -0.15) is 11.8 Å². The van der Waals surface area contributed by atoms with Crippen LogP contribution < -0.4 is 11.1 Å². The quantitative estimate of drug-likeness (QED) is 0.526. The second-order valence-electron chi connectivity index (χ2n) is 4.23. The van der Waals surface area contributed by atoms with E-state index in [1.54, 1.807) is 0 Å². The highest BCUT2D eigenvalue weighted by Crippen LogP contribution is 2.13. The van der Waals surface area contributed by atoms with E-state index < -0.39 is 17.3 Å². The van der Waals surface area contributed by atoms with E-state index >= 15 is 0 Å². The average Bonchev–Trinajstić information content (AvgIpc) is 2.21. The molecule has 0 aromatic rings. The van der Waals surface area contributed by atoms with E-state index in [0.717, 1.165) is 0 Å². The molecule has 4 N–H and O–H groups in total. The van der Waals surface area contributed by atoms with Gasteiger partial charge < -0.3 is 16.2 Å². The van der Waals surface area contributed by atoms with Crippen LogP contribution in [0, 0.1) is 5.41 Å². The van der Waals surface area contributed by atoms with Crippen LogP contribution in [0.2, 0.25) is 0 Å². The first-order valence-electron chi connectivity index (χ1n) is 5.12. The summed E-state index contributed by atoms with van der Waals surface area (Å²) in [4.78, 5) is 32.5. The molecule has 0 aromatic carbocycles. The number of nitrogens with one attached hydrogen (secondary N) is 1. The Bertz CT molecular complexity index is 305. The van der Waals surface area contributed by atoms with Crippen molar-refractivity contribution in [3.8, 4) is 0 Å². The largest absolute Gasteiger partial charge is 0.481 e. The number of primary amides is 1. The lowest BCUT2D eigenvalue weighted by Gasteiger charge is -2.19. The summed E-state index contributed by atoms with van der Waals surface area (Å²) in [6.07, 6.45) is 0.244. The number of carbonyl (C=O) groups excluding carboxylic acids is 2. The summed E-state index contributed by atoms with van der Waals surface area (Å²) < 4.78 is 0. The fourth-order valence-corrected chi connectivity index (χ4v) is 1.50. The van der Waals surface area contributed by atoms with Crippen molar-refractivity contribution in [1.29, 1.82) is 0 Å². The van der Waals surface area contributed by atoms with Crippen molar-refractivity contribution in [3.63, 3.8) is 0 Å². The van der Waals surface area contributed by atoms with Crippen LogP contribution in [0.5, 0.6) is 0 Å². The third kappa shape index (κ3) is 7.62. The summed E-state index contributed by atoms with van der Waals surface area (Å²) in [6.45, 7) is 3.16. The SMILES string of the molecule is CC(C)(CNC(=O)CCSCC(N)=O)C(=O)O. The van der Waals surface area contributed by atoms with Crippen molar-refractivity contribution in [2.24, 2.45) is 11.1 Å². The zero-order valence-electron chi connectivity index (χ0n) is 9.99. The van der Waals surface area contributed by atoms with Gasteiger partial charge in [-0.25, -0.2) is 0 Å². The molecule has 0 heterocycles. The average molecular weight is 262 g/mol. The zero-order chi connectivity index (χ0) is 13.5. The number of thioether (sulfide) groups is 1. The lowest BCUT2D eigenvalue weighted by Crippen LogP contribution is -2.39. The second-order valence-corrected chi connectivity index (χ2v) is 5.34. The number of hydrogen-bond donors (Lipinski definition) is 3. The van der Waals surface area contributed by atoms with E-state index in [1.165, 1.54) is 25.6 Å². The summed E-state index contributed by atoms with van der Waals surface area (Å²) in [6, 6.07) is 0. The van der Waals surface area contributed by atoms with Gasteiger partial charge in [-0.15, -0.1) is 0 Å². The maximum atomic E-state index is 11.3. The van der Waals surface area contributed by atoms with Crippen molar-refractivity contribution < 1.29 is 19.5 Å². The maximum Gasteiger partial charge on any atom is 0.310 e. The minimum Gasteiger partial charge on any atom is -0.481 e. The Morgan fingerprint density at radius 2 is 1.94 bits per heavy atom. The van der Waals surface area contributed by atoms with Crippen LogP contribution in [0.25, 0.3) is 0 Å². The third-order valence-corrected chi connectivity index (χ3v) is 3.01. The van der Waals surface area contributed by atoms with Gasteiger partial charge in [-0.1, -0.05) is 0 Å². The topological polar surface area (TPSA) is 109 Å². The van der Waals surface area contributed by atoms with Gasteiger partial charge in [-0.3, -0.25) is 14.4 Å². The van der Waals surface area contributed by atoms with E-state index in [0.29, 0.717) is 5.75 Å². The summed E-state index contributed by atoms with van der Waals surface area (Å²) in [5.74, 6) is -0.921. The monoisotopic (exact) mass is 262 g/mol. The minimum atomic E-state index is -0.976. The molecule has 17 heavy (non-hydrogen) atoms. The fourth-order valence-electron chi connectivity index (χ4n) is 0.821. The number of amides is 2. The second kappa shape index (κ2) is 7.16. The molecule has 0 saturated carbocycles. The molecule has 0 rings (SSSR count). The molecular weight excluding hydrogens is 244 g/mol. The molecule has 0 fully saturated rings. The number of carboxylic acids is 1. The van der Waals surface area contributed by atoms with Crippen molar-refractivity contribution in [2.75, 3.05) is 18.1 Å². The predicted molar refractivity (Wildman–Crippen MR) is 65.6 cm³/mol. The van der Waals surface area contributed by atoms with Crippen LogP contribution in [0.3, 0.4) is 0 Å². The number of carboxylic acid groups (broad SMARTS) is 1. The van der Waals surface area contributed by atoms with Gasteiger partial charge in [-0.05, 0) is 13.8 Å². The van der Waals surface area contributed by atoms with Crippen LogP contribution in [-0.2, 0) is 14.4 Å². The van der Waals surface area contributed by atoms with Gasteiger partial charge in [0.15, 0.2) is 0 Å². The van der Waals surface area contributed by atoms with Crippen LogP contribution in [-0.4, -0.2) is 40.9 Å². The molecule has 0 aliphatic rings. The number of carbonyl (C=O) groups is 3. The minimum absolute atomic E-state index is 0.0850. The first-order chi connectivity index (χ1) is 7.75. The summed E-state index contributed by atoms with van der Waals surface area (Å²) >= 11 is 1.28. The third-order valence-electron chi connectivity index (χ3n) is 2.02. The molecule has 0 saturated heterocycles. The summed E-state index contributed by atoms with van der Waals surface area (Å²) in [5, 5.41) is 11.4. The summed E-state index contributed by atoms with van der Waals surface area (Å²) in [5.41, 5.74) is 3.96. The molecule has 6 nitrogen and oxygen atoms in total. The molecule has 0 aromatic heterocycles. The molecule has 7 heteroatoms. The number of rotatable bonds is 8. The zero-order valence-corrected chi connectivity index (χ0v) is 10.8. The first kappa shape index (κ1) is 15.8. The predicted octanol–water partition coefficient (Wildman–Crippen LogP) is -0.178. The highest BCUT2D eigenvalue weighted by molar-refractivity contribution is 7.99. The Morgan fingerprint density at radius 1 is 1.35 bits per heavy atom. The fraction of sp³-hybridized carbons (Fsp3) is 0.700. The molecule has 0 aliphatic heterocycles. The van der Waals surface area contributed by atoms with E-state index in [1.807, 2.05) is 0 Å². The Balaban J connectivity index is 3.74. The molecule has 0 atom stereocenters. The number of aliphatic carboxylic acids is 1.